The highest BCUT2D eigenvalue weighted by molar-refractivity contribution is 5.70. The van der Waals surface area contributed by atoms with Gasteiger partial charge in [0.15, 0.2) is 0 Å². The molecule has 2 nitrogen and oxygen atoms in total. The number of aliphatic carboxylic acids is 1. The van der Waals surface area contributed by atoms with Crippen LogP contribution in [0.5, 0.6) is 0 Å². The fourth-order valence-corrected chi connectivity index (χ4v) is 2.25. The first-order chi connectivity index (χ1) is 9.63. The lowest BCUT2D eigenvalue weighted by molar-refractivity contribution is -0.136. The summed E-state index contributed by atoms with van der Waals surface area (Å²) < 4.78 is 0. The van der Waals surface area contributed by atoms with Crippen molar-refractivity contribution < 1.29 is 9.90 Å². The molecular formula is C18H20O2. The first kappa shape index (κ1) is 14.3. The van der Waals surface area contributed by atoms with Gasteiger partial charge in [0.25, 0.3) is 0 Å². The van der Waals surface area contributed by atoms with Gasteiger partial charge in [-0.25, -0.2) is 0 Å². The molecule has 0 unspecified atom stereocenters. The molecule has 104 valence electrons. The number of aryl methyl sites for hydroxylation is 3. The molecule has 0 aromatic heterocycles. The molecule has 2 aromatic rings. The molecule has 0 aliphatic carbocycles. The van der Waals surface area contributed by atoms with Gasteiger partial charge >= 0.3 is 5.97 Å². The maximum Gasteiger partial charge on any atom is 0.307 e. The van der Waals surface area contributed by atoms with Gasteiger partial charge in [-0.1, -0.05) is 54.1 Å². The van der Waals surface area contributed by atoms with Gasteiger partial charge in [-0.15, -0.1) is 0 Å². The van der Waals surface area contributed by atoms with Gasteiger partial charge in [-0.05, 0) is 42.9 Å². The summed E-state index contributed by atoms with van der Waals surface area (Å²) in [5.74, 6) is -0.780. The topological polar surface area (TPSA) is 37.3 Å². The Labute approximate surface area is 120 Å². The number of benzene rings is 2. The SMILES string of the molecule is Cc1ccc(CCCc2ccc(CC(=O)O)cc2)cc1. The first-order valence-electron chi connectivity index (χ1n) is 6.98. The lowest BCUT2D eigenvalue weighted by Gasteiger charge is -2.04. The van der Waals surface area contributed by atoms with Crippen molar-refractivity contribution in [2.75, 3.05) is 0 Å². The minimum atomic E-state index is -0.780. The average molecular weight is 268 g/mol. The fraction of sp³-hybridized carbons (Fsp3) is 0.278. The zero-order chi connectivity index (χ0) is 14.4. The Kier molecular flexibility index (Phi) is 4.94. The average Bonchev–Trinajstić information content (AvgIpc) is 2.42. The van der Waals surface area contributed by atoms with Crippen LogP contribution in [0.4, 0.5) is 0 Å². The number of carboxylic acids is 1. The number of carboxylic acid groups (broad SMARTS) is 1. The predicted octanol–water partition coefficient (Wildman–Crippen LogP) is 3.80. The van der Waals surface area contributed by atoms with E-state index in [1.807, 2.05) is 24.3 Å². The molecule has 0 aliphatic rings. The van der Waals surface area contributed by atoms with E-state index in [-0.39, 0.29) is 6.42 Å². The third-order valence-electron chi connectivity index (χ3n) is 3.43. The molecule has 0 saturated heterocycles. The van der Waals surface area contributed by atoms with Crippen molar-refractivity contribution in [1.29, 1.82) is 0 Å². The van der Waals surface area contributed by atoms with E-state index in [4.69, 9.17) is 5.11 Å². The van der Waals surface area contributed by atoms with E-state index < -0.39 is 5.97 Å². The molecule has 0 amide bonds. The van der Waals surface area contributed by atoms with Gasteiger partial charge < -0.3 is 5.11 Å². The molecule has 20 heavy (non-hydrogen) atoms. The van der Waals surface area contributed by atoms with Gasteiger partial charge in [0.05, 0.1) is 6.42 Å². The Morgan fingerprint density at radius 1 is 0.850 bits per heavy atom. The molecule has 0 saturated carbocycles. The van der Waals surface area contributed by atoms with Crippen LogP contribution < -0.4 is 0 Å². The summed E-state index contributed by atoms with van der Waals surface area (Å²) in [5.41, 5.74) is 4.80. The maximum absolute atomic E-state index is 10.6. The van der Waals surface area contributed by atoms with Crippen molar-refractivity contribution in [2.45, 2.75) is 32.6 Å². The zero-order valence-corrected chi connectivity index (χ0v) is 11.8. The van der Waals surface area contributed by atoms with Crippen molar-refractivity contribution in [1.82, 2.24) is 0 Å². The summed E-state index contributed by atoms with van der Waals surface area (Å²) in [7, 11) is 0. The predicted molar refractivity (Wildman–Crippen MR) is 81.0 cm³/mol. The molecule has 2 aromatic carbocycles. The van der Waals surface area contributed by atoms with E-state index in [1.54, 1.807) is 0 Å². The highest BCUT2D eigenvalue weighted by atomic mass is 16.4. The van der Waals surface area contributed by atoms with Gasteiger partial charge in [0.1, 0.15) is 0 Å². The molecule has 0 spiro atoms. The second kappa shape index (κ2) is 6.90. The van der Waals surface area contributed by atoms with Crippen molar-refractivity contribution >= 4 is 5.97 Å². The Hall–Kier alpha value is -2.09. The van der Waals surface area contributed by atoms with Gasteiger partial charge in [0, 0.05) is 0 Å². The van der Waals surface area contributed by atoms with Crippen LogP contribution in [0.25, 0.3) is 0 Å². The van der Waals surface area contributed by atoms with Crippen molar-refractivity contribution in [2.24, 2.45) is 0 Å². The van der Waals surface area contributed by atoms with E-state index in [0.717, 1.165) is 24.8 Å². The molecule has 0 aliphatic heterocycles. The van der Waals surface area contributed by atoms with Crippen LogP contribution in [0.3, 0.4) is 0 Å². The maximum atomic E-state index is 10.6. The normalized spacial score (nSPS) is 10.4. The summed E-state index contributed by atoms with van der Waals surface area (Å²) in [6, 6.07) is 16.6. The Bertz CT molecular complexity index is 553. The summed E-state index contributed by atoms with van der Waals surface area (Å²) in [6.45, 7) is 2.10. The second-order valence-electron chi connectivity index (χ2n) is 5.23. The van der Waals surface area contributed by atoms with Crippen molar-refractivity contribution in [3.8, 4) is 0 Å². The molecule has 0 radical (unpaired) electrons. The van der Waals surface area contributed by atoms with E-state index >= 15 is 0 Å². The second-order valence-corrected chi connectivity index (χ2v) is 5.23. The number of hydrogen-bond acceptors (Lipinski definition) is 1. The Balaban J connectivity index is 1.82. The zero-order valence-electron chi connectivity index (χ0n) is 11.8. The van der Waals surface area contributed by atoms with E-state index in [1.165, 1.54) is 16.7 Å². The highest BCUT2D eigenvalue weighted by Gasteiger charge is 2.00. The van der Waals surface area contributed by atoms with Crippen LogP contribution in [-0.4, -0.2) is 11.1 Å². The summed E-state index contributed by atoms with van der Waals surface area (Å²) in [4.78, 5) is 10.6. The highest BCUT2D eigenvalue weighted by Crippen LogP contribution is 2.11. The molecule has 0 atom stereocenters. The third kappa shape index (κ3) is 4.54. The van der Waals surface area contributed by atoms with Crippen LogP contribution in [0.15, 0.2) is 48.5 Å². The first-order valence-corrected chi connectivity index (χ1v) is 6.98. The summed E-state index contributed by atoms with van der Waals surface area (Å²) >= 11 is 0. The molecule has 1 N–H and O–H groups in total. The fourth-order valence-electron chi connectivity index (χ4n) is 2.25. The smallest absolute Gasteiger partial charge is 0.307 e. The molecule has 2 heteroatoms. The molecule has 2 rings (SSSR count). The number of carbonyl (C=O) groups is 1. The van der Waals surface area contributed by atoms with Gasteiger partial charge in [-0.3, -0.25) is 4.79 Å². The summed E-state index contributed by atoms with van der Waals surface area (Å²) in [6.07, 6.45) is 3.32. The minimum Gasteiger partial charge on any atom is -0.481 e. The van der Waals surface area contributed by atoms with Gasteiger partial charge in [0.2, 0.25) is 0 Å². The van der Waals surface area contributed by atoms with Crippen LogP contribution in [0.1, 0.15) is 28.7 Å². The van der Waals surface area contributed by atoms with E-state index in [9.17, 15) is 4.79 Å². The Morgan fingerprint density at radius 3 is 1.80 bits per heavy atom. The third-order valence-corrected chi connectivity index (χ3v) is 3.43. The van der Waals surface area contributed by atoms with Crippen molar-refractivity contribution in [3.05, 3.63) is 70.8 Å². The van der Waals surface area contributed by atoms with Crippen LogP contribution in [0.2, 0.25) is 0 Å². The lowest BCUT2D eigenvalue weighted by Crippen LogP contribution is -2.00. The number of hydrogen-bond donors (Lipinski definition) is 1. The molecular weight excluding hydrogens is 248 g/mol. The summed E-state index contributed by atoms with van der Waals surface area (Å²) in [5, 5.41) is 8.72. The minimum absolute atomic E-state index is 0.101. The molecule has 0 heterocycles. The van der Waals surface area contributed by atoms with E-state index in [0.29, 0.717) is 0 Å². The monoisotopic (exact) mass is 268 g/mol. The van der Waals surface area contributed by atoms with Gasteiger partial charge in [-0.2, -0.15) is 0 Å². The lowest BCUT2D eigenvalue weighted by atomic mass is 10.0. The van der Waals surface area contributed by atoms with Crippen LogP contribution in [-0.2, 0) is 24.1 Å². The van der Waals surface area contributed by atoms with Crippen LogP contribution >= 0.6 is 0 Å². The quantitative estimate of drug-likeness (QED) is 0.865. The Morgan fingerprint density at radius 2 is 1.30 bits per heavy atom. The molecule has 0 bridgehead atoms. The van der Waals surface area contributed by atoms with Crippen LogP contribution in [0, 0.1) is 6.92 Å². The van der Waals surface area contributed by atoms with Crippen molar-refractivity contribution in [3.63, 3.8) is 0 Å². The standard InChI is InChI=1S/C18H20O2/c1-14-5-7-15(8-6-14)3-2-4-16-9-11-17(12-10-16)13-18(19)20/h5-12H,2-4,13H2,1H3,(H,19,20). The number of rotatable bonds is 6. The molecule has 0 fully saturated rings. The largest absolute Gasteiger partial charge is 0.481 e. The van der Waals surface area contributed by atoms with E-state index in [2.05, 4.69) is 31.2 Å².